The number of H-pyrrole nitrogens is 1. The van der Waals surface area contributed by atoms with Gasteiger partial charge < -0.3 is 29.9 Å². The van der Waals surface area contributed by atoms with Crippen molar-refractivity contribution in [3.8, 4) is 17.0 Å². The zero-order chi connectivity index (χ0) is 27.9. The van der Waals surface area contributed by atoms with E-state index >= 15 is 0 Å². The number of aromatic hydroxyl groups is 1. The topological polar surface area (TPSA) is 119 Å². The number of aliphatic imine (C=N–C) groups is 1. The summed E-state index contributed by atoms with van der Waals surface area (Å²) in [6.07, 6.45) is 7.69. The van der Waals surface area contributed by atoms with E-state index < -0.39 is 5.60 Å². The molecule has 40 heavy (non-hydrogen) atoms. The summed E-state index contributed by atoms with van der Waals surface area (Å²) in [5, 5.41) is 13.6. The minimum Gasteiger partial charge on any atom is -0.492 e. The summed E-state index contributed by atoms with van der Waals surface area (Å²) in [7, 11) is 0. The number of carbonyl (C=O) groups is 1. The lowest BCUT2D eigenvalue weighted by Crippen LogP contribution is -2.50. The van der Waals surface area contributed by atoms with Gasteiger partial charge in [-0.3, -0.25) is 0 Å². The molecule has 3 N–H and O–H groups in total. The second-order valence-corrected chi connectivity index (χ2v) is 11.6. The number of hydrogen-bond acceptors (Lipinski definition) is 8. The first-order valence-corrected chi connectivity index (χ1v) is 13.8. The predicted molar refractivity (Wildman–Crippen MR) is 157 cm³/mol. The van der Waals surface area contributed by atoms with Gasteiger partial charge in [-0.2, -0.15) is 4.98 Å². The van der Waals surface area contributed by atoms with Gasteiger partial charge in [0.2, 0.25) is 11.8 Å². The molecule has 2 aliphatic heterocycles. The summed E-state index contributed by atoms with van der Waals surface area (Å²) in [5.41, 5.74) is 4.96. The predicted octanol–water partition coefficient (Wildman–Crippen LogP) is 5.31. The molecular weight excluding hydrogens is 506 g/mol. The lowest BCUT2D eigenvalue weighted by atomic mass is 10.0. The highest BCUT2D eigenvalue weighted by atomic mass is 16.6. The number of piperazine rings is 1. The third kappa shape index (κ3) is 5.80. The lowest BCUT2D eigenvalue weighted by Gasteiger charge is -2.36. The van der Waals surface area contributed by atoms with Crippen molar-refractivity contribution in [1.82, 2.24) is 19.9 Å². The molecular formula is C30H35N7O3. The molecule has 3 aliphatic rings. The first-order chi connectivity index (χ1) is 19.2. The van der Waals surface area contributed by atoms with Crippen LogP contribution in [0.3, 0.4) is 0 Å². The summed E-state index contributed by atoms with van der Waals surface area (Å²) in [5.74, 6) is 1.89. The molecule has 3 aromatic rings. The summed E-state index contributed by atoms with van der Waals surface area (Å²) >= 11 is 0. The van der Waals surface area contributed by atoms with E-state index in [1.54, 1.807) is 11.1 Å². The van der Waals surface area contributed by atoms with Crippen LogP contribution in [0, 0.1) is 5.92 Å². The van der Waals surface area contributed by atoms with Gasteiger partial charge in [-0.1, -0.05) is 12.1 Å². The monoisotopic (exact) mass is 541 g/mol. The fraction of sp³-hybridized carbons (Fsp3) is 0.400. The molecule has 0 unspecified atom stereocenters. The Kier molecular flexibility index (Phi) is 6.69. The highest BCUT2D eigenvalue weighted by Crippen LogP contribution is 2.36. The van der Waals surface area contributed by atoms with Gasteiger partial charge >= 0.3 is 6.09 Å². The number of amides is 1. The molecule has 2 aromatic heterocycles. The number of aromatic amines is 1. The zero-order valence-corrected chi connectivity index (χ0v) is 23.1. The van der Waals surface area contributed by atoms with Gasteiger partial charge in [0.15, 0.2) is 5.82 Å². The van der Waals surface area contributed by atoms with Gasteiger partial charge in [0.05, 0.1) is 0 Å². The van der Waals surface area contributed by atoms with Gasteiger partial charge in [0.1, 0.15) is 11.3 Å². The van der Waals surface area contributed by atoms with Crippen LogP contribution in [0.1, 0.15) is 44.9 Å². The molecule has 1 aliphatic carbocycles. The standard InChI is InChI=1S/C30H35N7O3/c1-30(2,3)40-29(39)37-12-10-36(11-13-37)23-8-6-20(7-9-23)21-14-24-22(18-32-26(24)31-17-21)15-25-27(38)35-28(34-25)33-16-19-4-5-19/h6-9,14-15,17-19,38H,4-5,10-13,16H2,1-3H3,(H2,33,34,35). The summed E-state index contributed by atoms with van der Waals surface area (Å²) in [6.45, 7) is 9.29. The molecule has 0 bridgehead atoms. The lowest BCUT2D eigenvalue weighted by molar-refractivity contribution is 0.0240. The number of carbonyl (C=O) groups excluding carboxylic acids is 1. The van der Waals surface area contributed by atoms with Crippen LogP contribution in [-0.2, 0) is 4.74 Å². The molecule has 0 spiro atoms. The number of allylic oxidation sites excluding steroid dienone is 1. The van der Waals surface area contributed by atoms with E-state index in [9.17, 15) is 9.90 Å². The fourth-order valence-electron chi connectivity index (χ4n) is 4.86. The number of rotatable bonds is 6. The molecule has 0 radical (unpaired) electrons. The van der Waals surface area contributed by atoms with Crippen LogP contribution in [0.4, 0.5) is 22.2 Å². The third-order valence-electron chi connectivity index (χ3n) is 7.27. The number of nitrogens with zero attached hydrogens (tertiary/aromatic N) is 5. The summed E-state index contributed by atoms with van der Waals surface area (Å²) < 4.78 is 5.51. The molecule has 2 fully saturated rings. The van der Waals surface area contributed by atoms with Crippen LogP contribution in [0.2, 0.25) is 0 Å². The van der Waals surface area contributed by atoms with Crippen molar-refractivity contribution in [2.45, 2.75) is 39.2 Å². The van der Waals surface area contributed by atoms with Crippen molar-refractivity contribution >= 4 is 41.4 Å². The average molecular weight is 542 g/mol. The Labute approximate surface area is 233 Å². The number of imidazole rings is 1. The highest BCUT2D eigenvalue weighted by molar-refractivity contribution is 6.21. The number of benzene rings is 1. The van der Waals surface area contributed by atoms with E-state index in [0.29, 0.717) is 36.5 Å². The quantitative estimate of drug-likeness (QED) is 0.387. The number of ether oxygens (including phenoxy) is 1. The Hall–Kier alpha value is -4.34. The van der Waals surface area contributed by atoms with Gasteiger partial charge in [-0.05, 0) is 69.4 Å². The molecule has 10 nitrogen and oxygen atoms in total. The van der Waals surface area contributed by atoms with Crippen molar-refractivity contribution in [3.05, 3.63) is 47.8 Å². The van der Waals surface area contributed by atoms with E-state index in [2.05, 4.69) is 60.5 Å². The van der Waals surface area contributed by atoms with Crippen LogP contribution < -0.4 is 10.2 Å². The normalized spacial score (nSPS) is 17.8. The van der Waals surface area contributed by atoms with Crippen LogP contribution in [0.25, 0.3) is 22.8 Å². The van der Waals surface area contributed by atoms with Gasteiger partial charge in [0.25, 0.3) is 0 Å². The number of pyridine rings is 1. The maximum Gasteiger partial charge on any atom is 0.410 e. The van der Waals surface area contributed by atoms with E-state index in [-0.39, 0.29) is 12.0 Å². The molecule has 1 aromatic carbocycles. The number of fused-ring (bicyclic) bond motifs is 1. The largest absolute Gasteiger partial charge is 0.492 e. The van der Waals surface area contributed by atoms with Crippen molar-refractivity contribution in [2.24, 2.45) is 10.9 Å². The molecule has 6 rings (SSSR count). The third-order valence-corrected chi connectivity index (χ3v) is 7.27. The number of hydrogen-bond donors (Lipinski definition) is 3. The number of anilines is 2. The first-order valence-electron chi connectivity index (χ1n) is 13.8. The minimum absolute atomic E-state index is 0.0423. The second-order valence-electron chi connectivity index (χ2n) is 11.6. The Morgan fingerprint density at radius 2 is 1.90 bits per heavy atom. The molecule has 1 amide bonds. The maximum atomic E-state index is 12.4. The van der Waals surface area contributed by atoms with Crippen molar-refractivity contribution < 1.29 is 14.6 Å². The summed E-state index contributed by atoms with van der Waals surface area (Å²) in [6, 6.07) is 10.5. The smallest absolute Gasteiger partial charge is 0.410 e. The number of aromatic nitrogens is 3. The minimum atomic E-state index is -0.490. The van der Waals surface area contributed by atoms with E-state index in [4.69, 9.17) is 4.74 Å². The van der Waals surface area contributed by atoms with E-state index in [1.807, 2.05) is 33.0 Å². The number of nitrogens with one attached hydrogen (secondary N) is 2. The molecule has 10 heteroatoms. The van der Waals surface area contributed by atoms with Gasteiger partial charge in [-0.15, -0.1) is 0 Å². The first kappa shape index (κ1) is 25.9. The molecule has 1 saturated carbocycles. The molecule has 4 heterocycles. The average Bonchev–Trinajstić information content (AvgIpc) is 3.59. The molecule has 0 atom stereocenters. The fourth-order valence-corrected chi connectivity index (χ4v) is 4.86. The van der Waals surface area contributed by atoms with Crippen LogP contribution in [0.5, 0.6) is 5.88 Å². The van der Waals surface area contributed by atoms with E-state index in [1.165, 1.54) is 12.8 Å². The van der Waals surface area contributed by atoms with E-state index in [0.717, 1.165) is 47.6 Å². The Balaban J connectivity index is 1.13. The zero-order valence-electron chi connectivity index (χ0n) is 23.1. The second kappa shape index (κ2) is 10.3. The van der Waals surface area contributed by atoms with Crippen LogP contribution >= 0.6 is 0 Å². The maximum absolute atomic E-state index is 12.4. The van der Waals surface area contributed by atoms with Crippen molar-refractivity contribution in [1.29, 1.82) is 0 Å². The van der Waals surface area contributed by atoms with Gasteiger partial charge in [-0.25, -0.2) is 14.8 Å². The van der Waals surface area contributed by atoms with Gasteiger partial charge in [0, 0.05) is 67.5 Å². The Morgan fingerprint density at radius 1 is 1.15 bits per heavy atom. The Bertz CT molecular complexity index is 1460. The SMILES string of the molecule is CC(C)(C)OC(=O)N1CCN(c2ccc(-c3cnc4c(c3)C(=Cc3[nH]c(NCC5CC5)nc3O)C=N4)cc2)CC1. The Morgan fingerprint density at radius 3 is 2.60 bits per heavy atom. The van der Waals surface area contributed by atoms with Crippen LogP contribution in [-0.4, -0.2) is 75.6 Å². The molecule has 208 valence electrons. The molecule has 1 saturated heterocycles. The summed E-state index contributed by atoms with van der Waals surface area (Å²) in [4.78, 5) is 32.8. The van der Waals surface area contributed by atoms with Crippen molar-refractivity contribution in [3.63, 3.8) is 0 Å². The highest BCUT2D eigenvalue weighted by Gasteiger charge is 2.26. The van der Waals surface area contributed by atoms with Crippen LogP contribution in [0.15, 0.2) is 41.5 Å². The van der Waals surface area contributed by atoms with Crippen molar-refractivity contribution in [2.75, 3.05) is 42.9 Å².